The van der Waals surface area contributed by atoms with E-state index in [0.29, 0.717) is 4.90 Å². The van der Waals surface area contributed by atoms with E-state index in [2.05, 4.69) is 9.97 Å². The third-order valence-corrected chi connectivity index (χ3v) is 4.29. The van der Waals surface area contributed by atoms with Gasteiger partial charge in [0.25, 0.3) is 0 Å². The minimum atomic E-state index is -3.18. The molecule has 0 aliphatic carbocycles. The Balaban J connectivity index is 2.05. The number of nitrogens with zero attached hydrogens (tertiary/aromatic N) is 3. The first-order valence-electron chi connectivity index (χ1n) is 6.29. The van der Waals surface area contributed by atoms with Crippen molar-refractivity contribution in [1.29, 1.82) is 0 Å². The van der Waals surface area contributed by atoms with Gasteiger partial charge < -0.3 is 0 Å². The van der Waals surface area contributed by atoms with E-state index in [1.807, 2.05) is 16.7 Å². The molecular formula is C15H13N3O2S. The fraction of sp³-hybridized carbons (Fsp3) is 0.0667. The standard InChI is InChI=1S/C15H13N3O2S/c1-21(19,20)14-4-2-13(3-5-14)18-11-17-10-15(18)12-6-8-16-9-7-12/h2-11H,1H3. The molecule has 0 radical (unpaired) electrons. The molecule has 0 bridgehead atoms. The highest BCUT2D eigenvalue weighted by Crippen LogP contribution is 2.22. The lowest BCUT2D eigenvalue weighted by molar-refractivity contribution is 0.602. The van der Waals surface area contributed by atoms with Crippen molar-refractivity contribution < 1.29 is 8.42 Å². The smallest absolute Gasteiger partial charge is 0.175 e. The van der Waals surface area contributed by atoms with Crippen LogP contribution in [0.15, 0.2) is 66.2 Å². The van der Waals surface area contributed by atoms with E-state index in [1.165, 1.54) is 6.26 Å². The van der Waals surface area contributed by atoms with Gasteiger partial charge in [-0.2, -0.15) is 0 Å². The van der Waals surface area contributed by atoms with Crippen molar-refractivity contribution in [1.82, 2.24) is 14.5 Å². The Bertz CT molecular complexity index is 853. The molecule has 5 nitrogen and oxygen atoms in total. The lowest BCUT2D eigenvalue weighted by Gasteiger charge is -2.08. The van der Waals surface area contributed by atoms with Crippen LogP contribution in [0.2, 0.25) is 0 Å². The Morgan fingerprint density at radius 3 is 2.24 bits per heavy atom. The van der Waals surface area contributed by atoms with E-state index < -0.39 is 9.84 Å². The van der Waals surface area contributed by atoms with Crippen molar-refractivity contribution >= 4 is 9.84 Å². The summed E-state index contributed by atoms with van der Waals surface area (Å²) in [5.41, 5.74) is 2.77. The second kappa shape index (κ2) is 5.14. The summed E-state index contributed by atoms with van der Waals surface area (Å²) in [5.74, 6) is 0. The molecule has 0 saturated carbocycles. The van der Waals surface area contributed by atoms with Gasteiger partial charge in [-0.1, -0.05) is 0 Å². The maximum atomic E-state index is 11.5. The van der Waals surface area contributed by atoms with Gasteiger partial charge in [0.1, 0.15) is 0 Å². The fourth-order valence-corrected chi connectivity index (χ4v) is 2.72. The third kappa shape index (κ3) is 2.71. The van der Waals surface area contributed by atoms with Crippen molar-refractivity contribution in [3.8, 4) is 16.9 Å². The van der Waals surface area contributed by atoms with Crippen LogP contribution in [-0.4, -0.2) is 29.2 Å². The van der Waals surface area contributed by atoms with Crippen LogP contribution in [0.25, 0.3) is 16.9 Å². The van der Waals surface area contributed by atoms with Crippen molar-refractivity contribution in [2.24, 2.45) is 0 Å². The van der Waals surface area contributed by atoms with Crippen LogP contribution >= 0.6 is 0 Å². The van der Waals surface area contributed by atoms with Crippen LogP contribution in [-0.2, 0) is 9.84 Å². The van der Waals surface area contributed by atoms with E-state index in [9.17, 15) is 8.42 Å². The zero-order valence-corrected chi connectivity index (χ0v) is 12.2. The largest absolute Gasteiger partial charge is 0.299 e. The molecule has 0 aliphatic rings. The Kier molecular flexibility index (Phi) is 3.31. The van der Waals surface area contributed by atoms with Crippen LogP contribution in [0, 0.1) is 0 Å². The summed E-state index contributed by atoms with van der Waals surface area (Å²) < 4.78 is 24.9. The van der Waals surface area contributed by atoms with Crippen LogP contribution in [0.3, 0.4) is 0 Å². The molecule has 0 unspecified atom stereocenters. The molecule has 0 saturated heterocycles. The van der Waals surface area contributed by atoms with Crippen LogP contribution in [0.1, 0.15) is 0 Å². The Hall–Kier alpha value is -2.47. The first-order chi connectivity index (χ1) is 10.1. The predicted molar refractivity (Wildman–Crippen MR) is 79.9 cm³/mol. The molecule has 6 heteroatoms. The van der Waals surface area contributed by atoms with E-state index in [-0.39, 0.29) is 0 Å². The second-order valence-electron chi connectivity index (χ2n) is 4.65. The molecule has 0 spiro atoms. The summed E-state index contributed by atoms with van der Waals surface area (Å²) in [5, 5.41) is 0. The molecule has 2 heterocycles. The quantitative estimate of drug-likeness (QED) is 0.744. The van der Waals surface area contributed by atoms with Crippen LogP contribution in [0.4, 0.5) is 0 Å². The molecule has 21 heavy (non-hydrogen) atoms. The number of sulfone groups is 1. The average molecular weight is 299 g/mol. The first-order valence-corrected chi connectivity index (χ1v) is 8.18. The summed E-state index contributed by atoms with van der Waals surface area (Å²) >= 11 is 0. The Morgan fingerprint density at radius 1 is 0.952 bits per heavy atom. The maximum absolute atomic E-state index is 11.5. The summed E-state index contributed by atoms with van der Waals surface area (Å²) in [6.45, 7) is 0. The van der Waals surface area contributed by atoms with Gasteiger partial charge in [0.15, 0.2) is 9.84 Å². The van der Waals surface area contributed by atoms with Gasteiger partial charge >= 0.3 is 0 Å². The average Bonchev–Trinajstić information content (AvgIpc) is 2.97. The van der Waals surface area contributed by atoms with Gasteiger partial charge in [0.2, 0.25) is 0 Å². The second-order valence-corrected chi connectivity index (χ2v) is 6.67. The predicted octanol–water partition coefficient (Wildman–Crippen LogP) is 2.34. The molecule has 0 atom stereocenters. The Morgan fingerprint density at radius 2 is 1.62 bits per heavy atom. The number of rotatable bonds is 3. The molecule has 1 aromatic carbocycles. The molecule has 106 valence electrons. The van der Waals surface area contributed by atoms with Gasteiger partial charge in [0, 0.05) is 29.9 Å². The zero-order chi connectivity index (χ0) is 14.9. The van der Waals surface area contributed by atoms with E-state index in [1.54, 1.807) is 49.2 Å². The molecule has 0 N–H and O–H groups in total. The number of imidazole rings is 1. The van der Waals surface area contributed by atoms with Crippen LogP contribution in [0.5, 0.6) is 0 Å². The highest BCUT2D eigenvalue weighted by atomic mass is 32.2. The highest BCUT2D eigenvalue weighted by molar-refractivity contribution is 7.90. The summed E-state index contributed by atoms with van der Waals surface area (Å²) in [6.07, 6.45) is 8.10. The molecule has 0 aliphatic heterocycles. The minimum absolute atomic E-state index is 0.303. The zero-order valence-electron chi connectivity index (χ0n) is 11.3. The topological polar surface area (TPSA) is 64.8 Å². The van der Waals surface area contributed by atoms with Gasteiger partial charge in [-0.3, -0.25) is 9.55 Å². The number of aromatic nitrogens is 3. The molecule has 2 aromatic heterocycles. The monoisotopic (exact) mass is 299 g/mol. The first kappa shape index (κ1) is 13.5. The number of benzene rings is 1. The lowest BCUT2D eigenvalue weighted by Crippen LogP contribution is -1.99. The molecule has 3 aromatic rings. The van der Waals surface area contributed by atoms with Crippen molar-refractivity contribution in [3.05, 3.63) is 61.3 Å². The molecule has 3 rings (SSSR count). The maximum Gasteiger partial charge on any atom is 0.175 e. The van der Waals surface area contributed by atoms with Crippen LogP contribution < -0.4 is 0 Å². The van der Waals surface area contributed by atoms with Gasteiger partial charge in [-0.05, 0) is 36.4 Å². The summed E-state index contributed by atoms with van der Waals surface area (Å²) in [7, 11) is -3.18. The van der Waals surface area contributed by atoms with E-state index in [0.717, 1.165) is 16.9 Å². The van der Waals surface area contributed by atoms with E-state index >= 15 is 0 Å². The lowest BCUT2D eigenvalue weighted by atomic mass is 10.2. The van der Waals surface area contributed by atoms with Crippen molar-refractivity contribution in [2.45, 2.75) is 4.90 Å². The summed E-state index contributed by atoms with van der Waals surface area (Å²) in [6, 6.07) is 10.5. The number of hydrogen-bond acceptors (Lipinski definition) is 4. The fourth-order valence-electron chi connectivity index (χ4n) is 2.09. The van der Waals surface area contributed by atoms with Gasteiger partial charge in [0.05, 0.1) is 23.1 Å². The molecule has 0 fully saturated rings. The highest BCUT2D eigenvalue weighted by Gasteiger charge is 2.09. The number of hydrogen-bond donors (Lipinski definition) is 0. The van der Waals surface area contributed by atoms with Gasteiger partial charge in [-0.25, -0.2) is 13.4 Å². The van der Waals surface area contributed by atoms with Crippen molar-refractivity contribution in [3.63, 3.8) is 0 Å². The molecule has 0 amide bonds. The van der Waals surface area contributed by atoms with E-state index in [4.69, 9.17) is 0 Å². The molecular weight excluding hydrogens is 286 g/mol. The SMILES string of the molecule is CS(=O)(=O)c1ccc(-n2cncc2-c2ccncc2)cc1. The minimum Gasteiger partial charge on any atom is -0.299 e. The number of pyridine rings is 1. The van der Waals surface area contributed by atoms with Gasteiger partial charge in [-0.15, -0.1) is 0 Å². The summed E-state index contributed by atoms with van der Waals surface area (Å²) in [4.78, 5) is 8.47. The third-order valence-electron chi connectivity index (χ3n) is 3.16. The van der Waals surface area contributed by atoms with Crippen molar-refractivity contribution in [2.75, 3.05) is 6.26 Å². The Labute approximate surface area is 122 Å². The normalized spacial score (nSPS) is 11.5.